The molecule has 1 fully saturated rings. The average Bonchev–Trinajstić information content (AvgIpc) is 3.14. The van der Waals surface area contributed by atoms with E-state index in [1.165, 1.54) is 19.2 Å². The number of nitrogens with two attached hydrogens (primary N) is 1. The maximum Gasteiger partial charge on any atom is 0.416 e. The van der Waals surface area contributed by atoms with Gasteiger partial charge in [-0.15, -0.1) is 12.4 Å². The predicted octanol–water partition coefficient (Wildman–Crippen LogP) is 2.24. The van der Waals surface area contributed by atoms with Crippen molar-refractivity contribution < 1.29 is 22.7 Å². The van der Waals surface area contributed by atoms with Gasteiger partial charge in [0.15, 0.2) is 0 Å². The van der Waals surface area contributed by atoms with Crippen LogP contribution in [0.2, 0.25) is 0 Å². The number of ether oxygens (including phenoxy) is 1. The first-order valence-corrected chi connectivity index (χ1v) is 6.07. The maximum absolute atomic E-state index is 12.9. The number of rotatable bonds is 4. The molecule has 0 unspecified atom stereocenters. The van der Waals surface area contributed by atoms with Gasteiger partial charge in [0, 0.05) is 6.54 Å². The van der Waals surface area contributed by atoms with Crippen molar-refractivity contribution in [3.8, 4) is 5.75 Å². The van der Waals surface area contributed by atoms with Crippen molar-refractivity contribution in [1.82, 2.24) is 5.32 Å². The summed E-state index contributed by atoms with van der Waals surface area (Å²) in [6, 6.07) is 3.63. The third kappa shape index (κ3) is 4.01. The summed E-state index contributed by atoms with van der Waals surface area (Å²) in [4.78, 5) is 11.6. The van der Waals surface area contributed by atoms with Gasteiger partial charge in [0.2, 0.25) is 5.91 Å². The molecule has 8 heteroatoms. The number of benzene rings is 1. The molecule has 0 aromatic heterocycles. The Morgan fingerprint density at radius 3 is 2.52 bits per heavy atom. The van der Waals surface area contributed by atoms with Crippen LogP contribution in [0.15, 0.2) is 18.2 Å². The fraction of sp³-hybridized carbons (Fsp3) is 0.462. The summed E-state index contributed by atoms with van der Waals surface area (Å²) >= 11 is 0. The Kier molecular flexibility index (Phi) is 5.11. The van der Waals surface area contributed by atoms with Gasteiger partial charge in [-0.2, -0.15) is 13.2 Å². The number of carbonyl (C=O) groups excluding carboxylic acids is 1. The number of hydrogen-bond acceptors (Lipinski definition) is 3. The van der Waals surface area contributed by atoms with Gasteiger partial charge in [-0.25, -0.2) is 0 Å². The Morgan fingerprint density at radius 2 is 2.05 bits per heavy atom. The van der Waals surface area contributed by atoms with Gasteiger partial charge in [-0.3, -0.25) is 4.79 Å². The fourth-order valence-electron chi connectivity index (χ4n) is 1.81. The third-order valence-electron chi connectivity index (χ3n) is 3.30. The summed E-state index contributed by atoms with van der Waals surface area (Å²) in [5, 5.41) is 2.45. The molecule has 2 rings (SSSR count). The number of methoxy groups -OCH3 is 1. The highest BCUT2D eigenvalue weighted by Gasteiger charge is 2.45. The first-order chi connectivity index (χ1) is 9.26. The lowest BCUT2D eigenvalue weighted by Gasteiger charge is -2.16. The Labute approximate surface area is 126 Å². The van der Waals surface area contributed by atoms with Gasteiger partial charge in [-0.05, 0) is 30.5 Å². The zero-order valence-corrected chi connectivity index (χ0v) is 12.1. The van der Waals surface area contributed by atoms with Crippen LogP contribution in [-0.4, -0.2) is 18.6 Å². The topological polar surface area (TPSA) is 64.3 Å². The molecule has 1 aliphatic rings. The van der Waals surface area contributed by atoms with E-state index >= 15 is 0 Å². The predicted molar refractivity (Wildman–Crippen MR) is 73.2 cm³/mol. The molecule has 0 atom stereocenters. The fourth-order valence-corrected chi connectivity index (χ4v) is 1.81. The summed E-state index contributed by atoms with van der Waals surface area (Å²) in [7, 11) is 1.29. The number of alkyl halides is 3. The Bertz CT molecular complexity index is 531. The van der Waals surface area contributed by atoms with E-state index in [-0.39, 0.29) is 30.3 Å². The highest BCUT2D eigenvalue weighted by Crippen LogP contribution is 2.35. The van der Waals surface area contributed by atoms with E-state index < -0.39 is 23.2 Å². The van der Waals surface area contributed by atoms with Crippen LogP contribution in [0.25, 0.3) is 0 Å². The summed E-state index contributed by atoms with van der Waals surface area (Å²) in [5.74, 6) is -0.300. The minimum Gasteiger partial charge on any atom is -0.497 e. The number of nitrogens with one attached hydrogen (secondary N) is 1. The van der Waals surface area contributed by atoms with Gasteiger partial charge >= 0.3 is 6.18 Å². The SMILES string of the molecule is COc1ccc(CNC(=O)C2(N)CC2)c(C(F)(F)F)c1.Cl. The van der Waals surface area contributed by atoms with Crippen LogP contribution in [0, 0.1) is 0 Å². The molecule has 0 saturated heterocycles. The van der Waals surface area contributed by atoms with Crippen molar-refractivity contribution in [3.63, 3.8) is 0 Å². The lowest BCUT2D eigenvalue weighted by atomic mass is 10.1. The maximum atomic E-state index is 12.9. The lowest BCUT2D eigenvalue weighted by Crippen LogP contribution is -2.42. The molecular weight excluding hydrogens is 309 g/mol. The first-order valence-electron chi connectivity index (χ1n) is 6.07. The first kappa shape index (κ1) is 17.6. The zero-order valence-electron chi connectivity index (χ0n) is 11.3. The van der Waals surface area contributed by atoms with Crippen LogP contribution in [0.3, 0.4) is 0 Å². The number of amides is 1. The van der Waals surface area contributed by atoms with Crippen molar-refractivity contribution in [2.24, 2.45) is 5.73 Å². The second-order valence-electron chi connectivity index (χ2n) is 4.86. The molecule has 3 N–H and O–H groups in total. The van der Waals surface area contributed by atoms with Gasteiger partial charge in [-0.1, -0.05) is 6.07 Å². The van der Waals surface area contributed by atoms with Crippen molar-refractivity contribution in [2.75, 3.05) is 7.11 Å². The average molecular weight is 325 g/mol. The molecule has 1 amide bonds. The molecule has 21 heavy (non-hydrogen) atoms. The summed E-state index contributed by atoms with van der Waals surface area (Å²) in [5.41, 5.74) is 3.93. The number of carbonyl (C=O) groups is 1. The molecule has 1 aromatic carbocycles. The normalized spacial score (nSPS) is 15.9. The zero-order chi connectivity index (χ0) is 15.0. The van der Waals surface area contributed by atoms with E-state index in [1.54, 1.807) is 0 Å². The van der Waals surface area contributed by atoms with Crippen LogP contribution >= 0.6 is 12.4 Å². The van der Waals surface area contributed by atoms with E-state index in [0.29, 0.717) is 12.8 Å². The highest BCUT2D eigenvalue weighted by molar-refractivity contribution is 5.88. The molecule has 1 aliphatic carbocycles. The molecule has 118 valence electrons. The number of halogens is 4. The van der Waals surface area contributed by atoms with Crippen molar-refractivity contribution >= 4 is 18.3 Å². The molecule has 1 saturated carbocycles. The van der Waals surface area contributed by atoms with Crippen molar-refractivity contribution in [1.29, 1.82) is 0 Å². The van der Waals surface area contributed by atoms with E-state index in [2.05, 4.69) is 5.32 Å². The molecule has 0 radical (unpaired) electrons. The largest absolute Gasteiger partial charge is 0.497 e. The minimum atomic E-state index is -4.51. The van der Waals surface area contributed by atoms with Crippen molar-refractivity contribution in [3.05, 3.63) is 29.3 Å². The van der Waals surface area contributed by atoms with Crippen LogP contribution in [-0.2, 0) is 17.5 Å². The summed E-state index contributed by atoms with van der Waals surface area (Å²) in [6.07, 6.45) is -3.38. The summed E-state index contributed by atoms with van der Waals surface area (Å²) < 4.78 is 43.6. The Morgan fingerprint density at radius 1 is 1.43 bits per heavy atom. The lowest BCUT2D eigenvalue weighted by molar-refractivity contribution is -0.138. The van der Waals surface area contributed by atoms with Gasteiger partial charge in [0.25, 0.3) is 0 Å². The molecule has 0 aliphatic heterocycles. The second-order valence-corrected chi connectivity index (χ2v) is 4.86. The number of hydrogen-bond donors (Lipinski definition) is 2. The molecule has 0 heterocycles. The Balaban J connectivity index is 0.00000220. The van der Waals surface area contributed by atoms with Crippen LogP contribution < -0.4 is 15.8 Å². The van der Waals surface area contributed by atoms with Crippen LogP contribution in [0.1, 0.15) is 24.0 Å². The van der Waals surface area contributed by atoms with E-state index in [1.807, 2.05) is 0 Å². The van der Waals surface area contributed by atoms with Gasteiger partial charge in [0.05, 0.1) is 18.2 Å². The van der Waals surface area contributed by atoms with Gasteiger partial charge < -0.3 is 15.8 Å². The molecule has 0 bridgehead atoms. The van der Waals surface area contributed by atoms with E-state index in [4.69, 9.17) is 10.5 Å². The minimum absolute atomic E-state index is 0. The van der Waals surface area contributed by atoms with Crippen LogP contribution in [0.5, 0.6) is 5.75 Å². The second kappa shape index (κ2) is 6.11. The van der Waals surface area contributed by atoms with E-state index in [9.17, 15) is 18.0 Å². The Hall–Kier alpha value is -1.47. The monoisotopic (exact) mass is 324 g/mol. The van der Waals surface area contributed by atoms with Gasteiger partial charge in [0.1, 0.15) is 5.75 Å². The molecule has 4 nitrogen and oxygen atoms in total. The summed E-state index contributed by atoms with van der Waals surface area (Å²) in [6.45, 7) is -0.212. The molecular formula is C13H16ClF3N2O2. The molecule has 1 aromatic rings. The van der Waals surface area contributed by atoms with Crippen LogP contribution in [0.4, 0.5) is 13.2 Å². The van der Waals surface area contributed by atoms with E-state index in [0.717, 1.165) is 6.07 Å². The standard InChI is InChI=1S/C13H15F3N2O2.ClH/c1-20-9-3-2-8(10(6-9)13(14,15)16)7-18-11(19)12(17)4-5-12;/h2-3,6H,4-5,7,17H2,1H3,(H,18,19);1H. The third-order valence-corrected chi connectivity index (χ3v) is 3.30. The molecule has 0 spiro atoms. The quantitative estimate of drug-likeness (QED) is 0.893. The highest BCUT2D eigenvalue weighted by atomic mass is 35.5. The van der Waals surface area contributed by atoms with Crippen molar-refractivity contribution in [2.45, 2.75) is 31.1 Å². The smallest absolute Gasteiger partial charge is 0.416 e.